The van der Waals surface area contributed by atoms with E-state index in [-0.39, 0.29) is 5.41 Å². The van der Waals surface area contributed by atoms with Crippen LogP contribution in [0.2, 0.25) is 0 Å². The van der Waals surface area contributed by atoms with Gasteiger partial charge in [0.2, 0.25) is 0 Å². The van der Waals surface area contributed by atoms with E-state index in [1.54, 1.807) is 14.2 Å². The molecular formula is C25H39N5O2. The topological polar surface area (TPSA) is 72.7 Å². The van der Waals surface area contributed by atoms with Crippen molar-refractivity contribution in [2.45, 2.75) is 57.8 Å². The molecule has 1 fully saturated rings. The van der Waals surface area contributed by atoms with Crippen LogP contribution in [0.5, 0.6) is 11.5 Å². The molecule has 0 radical (unpaired) electrons. The molecule has 2 aromatic rings. The zero-order valence-corrected chi connectivity index (χ0v) is 20.5. The molecule has 32 heavy (non-hydrogen) atoms. The van der Waals surface area contributed by atoms with E-state index in [4.69, 9.17) is 9.47 Å². The molecule has 0 unspecified atom stereocenters. The van der Waals surface area contributed by atoms with Crippen LogP contribution in [0.4, 0.5) is 0 Å². The van der Waals surface area contributed by atoms with E-state index in [1.807, 2.05) is 24.8 Å². The van der Waals surface area contributed by atoms with E-state index >= 15 is 0 Å². The summed E-state index contributed by atoms with van der Waals surface area (Å²) in [4.78, 5) is 4.47. The molecule has 0 bridgehead atoms. The lowest BCUT2D eigenvalue weighted by molar-refractivity contribution is 0.288. The molecule has 0 aliphatic heterocycles. The van der Waals surface area contributed by atoms with E-state index in [9.17, 15) is 0 Å². The van der Waals surface area contributed by atoms with Crippen LogP contribution < -0.4 is 20.1 Å². The highest BCUT2D eigenvalue weighted by molar-refractivity contribution is 5.79. The first-order valence-corrected chi connectivity index (χ1v) is 11.6. The summed E-state index contributed by atoms with van der Waals surface area (Å²) in [6.07, 6.45) is 7.00. The number of hydrogen-bond donors (Lipinski definition) is 2. The molecule has 176 valence electrons. The van der Waals surface area contributed by atoms with Gasteiger partial charge in [-0.1, -0.05) is 25.3 Å². The van der Waals surface area contributed by atoms with E-state index in [0.29, 0.717) is 0 Å². The third kappa shape index (κ3) is 5.19. The second kappa shape index (κ2) is 10.7. The minimum absolute atomic E-state index is 0.0615. The molecule has 0 amide bonds. The fraction of sp³-hybridized carbons (Fsp3) is 0.600. The summed E-state index contributed by atoms with van der Waals surface area (Å²) in [6.45, 7) is 5.85. The number of guanidine groups is 1. The average Bonchev–Trinajstić information content (AvgIpc) is 3.07. The SMILES string of the molecule is CN=C(NCCc1c(C)nn(C)c1C)NCC1(c2ccc(OC)c(OC)c2)CCCCC1. The second-order valence-corrected chi connectivity index (χ2v) is 8.79. The molecule has 0 spiro atoms. The third-order valence-corrected chi connectivity index (χ3v) is 6.95. The maximum absolute atomic E-state index is 5.59. The average molecular weight is 442 g/mol. The van der Waals surface area contributed by atoms with E-state index in [0.717, 1.165) is 55.5 Å². The van der Waals surface area contributed by atoms with Gasteiger partial charge in [-0.05, 0) is 56.4 Å². The Balaban J connectivity index is 1.67. The molecule has 7 nitrogen and oxygen atoms in total. The van der Waals surface area contributed by atoms with E-state index < -0.39 is 0 Å². The van der Waals surface area contributed by atoms with Crippen LogP contribution >= 0.6 is 0 Å². The Kier molecular flexibility index (Phi) is 8.04. The monoisotopic (exact) mass is 441 g/mol. The van der Waals surface area contributed by atoms with Gasteiger partial charge < -0.3 is 20.1 Å². The highest BCUT2D eigenvalue weighted by Crippen LogP contribution is 2.42. The normalized spacial score (nSPS) is 16.0. The molecule has 1 aromatic carbocycles. The number of aliphatic imine (C=N–C) groups is 1. The highest BCUT2D eigenvalue weighted by atomic mass is 16.5. The fourth-order valence-corrected chi connectivity index (χ4v) is 4.92. The van der Waals surface area contributed by atoms with Crippen molar-refractivity contribution in [3.8, 4) is 11.5 Å². The summed E-state index contributed by atoms with van der Waals surface area (Å²) in [5.41, 5.74) is 5.00. The first-order chi connectivity index (χ1) is 15.4. The molecule has 3 rings (SSSR count). The van der Waals surface area contributed by atoms with Gasteiger partial charge in [0.1, 0.15) is 0 Å². The Morgan fingerprint density at radius 3 is 2.41 bits per heavy atom. The Hall–Kier alpha value is -2.70. The summed E-state index contributed by atoms with van der Waals surface area (Å²) in [5, 5.41) is 11.6. The first-order valence-electron chi connectivity index (χ1n) is 11.6. The lowest BCUT2D eigenvalue weighted by atomic mass is 9.69. The van der Waals surface area contributed by atoms with Crippen molar-refractivity contribution >= 4 is 5.96 Å². The van der Waals surface area contributed by atoms with Gasteiger partial charge in [-0.3, -0.25) is 9.67 Å². The summed E-state index contributed by atoms with van der Waals surface area (Å²) in [7, 11) is 7.21. The lowest BCUT2D eigenvalue weighted by Gasteiger charge is -2.38. The van der Waals surface area contributed by atoms with Gasteiger partial charge >= 0.3 is 0 Å². The quantitative estimate of drug-likeness (QED) is 0.483. The molecule has 1 heterocycles. The van der Waals surface area contributed by atoms with Crippen molar-refractivity contribution in [2.75, 3.05) is 34.4 Å². The third-order valence-electron chi connectivity index (χ3n) is 6.95. The molecule has 1 aliphatic rings. The van der Waals surface area contributed by atoms with Gasteiger partial charge in [0, 0.05) is 38.3 Å². The fourth-order valence-electron chi connectivity index (χ4n) is 4.92. The number of benzene rings is 1. The van der Waals surface area contributed by atoms with Crippen LogP contribution in [0.3, 0.4) is 0 Å². The molecule has 1 aromatic heterocycles. The van der Waals surface area contributed by atoms with Gasteiger partial charge in [0.25, 0.3) is 0 Å². The van der Waals surface area contributed by atoms with Gasteiger partial charge in [-0.25, -0.2) is 0 Å². The molecule has 0 atom stereocenters. The van der Waals surface area contributed by atoms with Gasteiger partial charge in [0.05, 0.1) is 19.9 Å². The highest BCUT2D eigenvalue weighted by Gasteiger charge is 2.34. The van der Waals surface area contributed by atoms with Crippen LogP contribution in [0.25, 0.3) is 0 Å². The maximum Gasteiger partial charge on any atom is 0.191 e. The number of nitrogens with one attached hydrogen (secondary N) is 2. The maximum atomic E-state index is 5.59. The summed E-state index contributed by atoms with van der Waals surface area (Å²) in [6, 6.07) is 6.37. The predicted molar refractivity (Wildman–Crippen MR) is 130 cm³/mol. The molecule has 2 N–H and O–H groups in total. The van der Waals surface area contributed by atoms with Crippen LogP contribution in [-0.2, 0) is 18.9 Å². The van der Waals surface area contributed by atoms with Crippen molar-refractivity contribution in [2.24, 2.45) is 12.0 Å². The van der Waals surface area contributed by atoms with Crippen molar-refractivity contribution in [1.82, 2.24) is 20.4 Å². The van der Waals surface area contributed by atoms with E-state index in [1.165, 1.54) is 36.1 Å². The summed E-state index contributed by atoms with van der Waals surface area (Å²) >= 11 is 0. The zero-order valence-electron chi connectivity index (χ0n) is 20.5. The van der Waals surface area contributed by atoms with Crippen LogP contribution in [0.1, 0.15) is 54.6 Å². The van der Waals surface area contributed by atoms with Crippen molar-refractivity contribution in [1.29, 1.82) is 0 Å². The van der Waals surface area contributed by atoms with Crippen LogP contribution in [-0.4, -0.2) is 50.1 Å². The Morgan fingerprint density at radius 1 is 1.09 bits per heavy atom. The summed E-state index contributed by atoms with van der Waals surface area (Å²) in [5.74, 6) is 2.41. The number of nitrogens with zero attached hydrogens (tertiary/aromatic N) is 3. The van der Waals surface area contributed by atoms with Crippen LogP contribution in [0.15, 0.2) is 23.2 Å². The summed E-state index contributed by atoms with van der Waals surface area (Å²) < 4.78 is 13.0. The first kappa shape index (κ1) is 24.0. The van der Waals surface area contributed by atoms with E-state index in [2.05, 4.69) is 46.7 Å². The van der Waals surface area contributed by atoms with Gasteiger partial charge in [0.15, 0.2) is 17.5 Å². The predicted octanol–water partition coefficient (Wildman–Crippen LogP) is 3.66. The lowest BCUT2D eigenvalue weighted by Crippen LogP contribution is -2.47. The van der Waals surface area contributed by atoms with Gasteiger partial charge in [-0.15, -0.1) is 0 Å². The number of aromatic nitrogens is 2. The van der Waals surface area contributed by atoms with Crippen molar-refractivity contribution in [3.05, 3.63) is 40.7 Å². The molecule has 0 saturated heterocycles. The Morgan fingerprint density at radius 2 is 1.81 bits per heavy atom. The van der Waals surface area contributed by atoms with Crippen molar-refractivity contribution in [3.63, 3.8) is 0 Å². The number of rotatable bonds is 8. The number of aryl methyl sites for hydroxylation is 2. The van der Waals surface area contributed by atoms with Crippen molar-refractivity contribution < 1.29 is 9.47 Å². The zero-order chi connectivity index (χ0) is 23.1. The second-order valence-electron chi connectivity index (χ2n) is 8.79. The van der Waals surface area contributed by atoms with Crippen LogP contribution in [0, 0.1) is 13.8 Å². The number of hydrogen-bond acceptors (Lipinski definition) is 4. The largest absolute Gasteiger partial charge is 0.493 e. The minimum Gasteiger partial charge on any atom is -0.493 e. The molecule has 1 saturated carbocycles. The Bertz CT molecular complexity index is 929. The minimum atomic E-state index is 0.0615. The Labute approximate surface area is 192 Å². The molecule has 7 heteroatoms. The van der Waals surface area contributed by atoms with Gasteiger partial charge in [-0.2, -0.15) is 5.10 Å². The standard InChI is InChI=1S/C25H39N5O2/c1-18-21(19(2)30(4)29-18)12-15-27-24(26-3)28-17-25(13-8-7-9-14-25)20-10-11-22(31-5)23(16-20)32-6/h10-11,16H,7-9,12-15,17H2,1-6H3,(H2,26,27,28). The number of methoxy groups -OCH3 is 2. The number of ether oxygens (including phenoxy) is 2. The molecule has 1 aliphatic carbocycles. The molecular weight excluding hydrogens is 402 g/mol. The smallest absolute Gasteiger partial charge is 0.191 e.